The number of halogens is 2. The highest BCUT2D eigenvalue weighted by Gasteiger charge is 2.19. The van der Waals surface area contributed by atoms with Crippen molar-refractivity contribution in [1.29, 1.82) is 0 Å². The first-order valence-electron chi connectivity index (χ1n) is 7.69. The van der Waals surface area contributed by atoms with Crippen molar-refractivity contribution < 1.29 is 14.3 Å². The molecule has 132 valence electrons. The van der Waals surface area contributed by atoms with E-state index in [0.717, 1.165) is 5.56 Å². The highest BCUT2D eigenvalue weighted by Crippen LogP contribution is 2.29. The number of aromatic nitrogens is 2. The lowest BCUT2D eigenvalue weighted by molar-refractivity contribution is 0.0690. The quantitative estimate of drug-likeness (QED) is 0.478. The van der Waals surface area contributed by atoms with Crippen LogP contribution in [-0.2, 0) is 5.75 Å². The fraction of sp³-hybridized carbons (Fsp3) is 0.105. The molecule has 0 unspecified atom stereocenters. The third kappa shape index (κ3) is 4.20. The van der Waals surface area contributed by atoms with Crippen LogP contribution in [0.1, 0.15) is 21.6 Å². The number of hydrogen-bond acceptors (Lipinski definition) is 4. The molecule has 0 radical (unpaired) electrons. The molecule has 0 aliphatic rings. The Hall–Kier alpha value is -2.44. The van der Waals surface area contributed by atoms with E-state index in [9.17, 15) is 14.3 Å². The third-order valence-electron chi connectivity index (χ3n) is 3.66. The van der Waals surface area contributed by atoms with E-state index in [1.54, 1.807) is 31.2 Å². The second-order valence-electron chi connectivity index (χ2n) is 5.54. The van der Waals surface area contributed by atoms with Crippen LogP contribution in [0.5, 0.6) is 0 Å². The van der Waals surface area contributed by atoms with Gasteiger partial charge in [-0.15, -0.1) is 11.8 Å². The molecule has 3 aromatic rings. The molecule has 0 bridgehead atoms. The maximum absolute atomic E-state index is 13.1. The third-order valence-corrected chi connectivity index (χ3v) is 4.96. The smallest absolute Gasteiger partial charge is 0.340 e. The molecule has 0 aliphatic carbocycles. The molecule has 3 rings (SSSR count). The lowest BCUT2D eigenvalue weighted by atomic mass is 10.2. The average molecular weight is 389 g/mol. The number of aromatic carboxylic acids is 1. The first-order valence-corrected chi connectivity index (χ1v) is 9.05. The van der Waals surface area contributed by atoms with Gasteiger partial charge in [-0.2, -0.15) is 0 Å². The van der Waals surface area contributed by atoms with E-state index in [4.69, 9.17) is 11.6 Å². The fourth-order valence-electron chi connectivity index (χ4n) is 2.36. The summed E-state index contributed by atoms with van der Waals surface area (Å²) in [5.41, 5.74) is 2.07. The largest absolute Gasteiger partial charge is 0.478 e. The van der Waals surface area contributed by atoms with Gasteiger partial charge in [-0.3, -0.25) is 0 Å². The molecule has 0 saturated carbocycles. The highest BCUT2D eigenvalue weighted by molar-refractivity contribution is 7.98. The summed E-state index contributed by atoms with van der Waals surface area (Å²) in [6, 6.07) is 13.1. The molecule has 0 saturated heterocycles. The molecule has 4 nitrogen and oxygen atoms in total. The van der Waals surface area contributed by atoms with Gasteiger partial charge in [-0.05, 0) is 48.9 Å². The predicted octanol–water partition coefficient (Wildman–Crippen LogP) is 5.24. The number of benzene rings is 2. The SMILES string of the molecule is Cc1nc(-c2ccc(F)cc2)nc(SCc2ccc(Cl)cc2)c1C(=O)O. The second kappa shape index (κ2) is 7.85. The second-order valence-corrected chi connectivity index (χ2v) is 6.94. The van der Waals surface area contributed by atoms with Crippen LogP contribution in [-0.4, -0.2) is 21.0 Å². The lowest BCUT2D eigenvalue weighted by Gasteiger charge is -2.10. The van der Waals surface area contributed by atoms with Crippen LogP contribution in [0.25, 0.3) is 11.4 Å². The Balaban J connectivity index is 1.96. The fourth-order valence-corrected chi connectivity index (χ4v) is 3.51. The number of aryl methyl sites for hydroxylation is 1. The van der Waals surface area contributed by atoms with Crippen molar-refractivity contribution >= 4 is 29.3 Å². The van der Waals surface area contributed by atoms with Crippen LogP contribution >= 0.6 is 23.4 Å². The number of rotatable bonds is 5. The van der Waals surface area contributed by atoms with Crippen molar-refractivity contribution in [1.82, 2.24) is 9.97 Å². The van der Waals surface area contributed by atoms with Gasteiger partial charge in [0.2, 0.25) is 0 Å². The van der Waals surface area contributed by atoms with Crippen molar-refractivity contribution in [3.63, 3.8) is 0 Å². The van der Waals surface area contributed by atoms with Gasteiger partial charge in [-0.25, -0.2) is 19.2 Å². The molecule has 1 heterocycles. The van der Waals surface area contributed by atoms with E-state index < -0.39 is 5.97 Å². The number of carbonyl (C=O) groups is 1. The number of thioether (sulfide) groups is 1. The maximum atomic E-state index is 13.1. The van der Waals surface area contributed by atoms with Crippen molar-refractivity contribution in [2.75, 3.05) is 0 Å². The summed E-state index contributed by atoms with van der Waals surface area (Å²) in [5.74, 6) is -0.528. The summed E-state index contributed by atoms with van der Waals surface area (Å²) in [6.07, 6.45) is 0. The molecule has 1 aromatic heterocycles. The lowest BCUT2D eigenvalue weighted by Crippen LogP contribution is -2.08. The summed E-state index contributed by atoms with van der Waals surface area (Å²) >= 11 is 7.20. The molecule has 0 fully saturated rings. The molecule has 0 spiro atoms. The van der Waals surface area contributed by atoms with Gasteiger partial charge in [0, 0.05) is 16.3 Å². The minimum absolute atomic E-state index is 0.0785. The van der Waals surface area contributed by atoms with Gasteiger partial charge in [0.1, 0.15) is 16.4 Å². The highest BCUT2D eigenvalue weighted by atomic mass is 35.5. The van der Waals surface area contributed by atoms with Gasteiger partial charge in [0.15, 0.2) is 5.82 Å². The van der Waals surface area contributed by atoms with E-state index >= 15 is 0 Å². The first-order chi connectivity index (χ1) is 12.4. The van der Waals surface area contributed by atoms with Crippen LogP contribution in [0, 0.1) is 12.7 Å². The molecule has 0 aliphatic heterocycles. The van der Waals surface area contributed by atoms with Crippen LogP contribution < -0.4 is 0 Å². The van der Waals surface area contributed by atoms with Crippen LogP contribution in [0.2, 0.25) is 5.02 Å². The Morgan fingerprint density at radius 3 is 2.38 bits per heavy atom. The minimum Gasteiger partial charge on any atom is -0.478 e. The normalized spacial score (nSPS) is 10.7. The van der Waals surface area contributed by atoms with E-state index in [0.29, 0.717) is 32.9 Å². The Morgan fingerprint density at radius 1 is 1.12 bits per heavy atom. The summed E-state index contributed by atoms with van der Waals surface area (Å²) in [4.78, 5) is 20.3. The Morgan fingerprint density at radius 2 is 1.77 bits per heavy atom. The average Bonchev–Trinajstić information content (AvgIpc) is 2.61. The molecule has 0 atom stereocenters. The topological polar surface area (TPSA) is 63.1 Å². The van der Waals surface area contributed by atoms with E-state index in [-0.39, 0.29) is 11.4 Å². The monoisotopic (exact) mass is 388 g/mol. The summed E-state index contributed by atoms with van der Waals surface area (Å²) in [6.45, 7) is 1.63. The Bertz CT molecular complexity index is 947. The zero-order chi connectivity index (χ0) is 18.7. The van der Waals surface area contributed by atoms with Crippen molar-refractivity contribution in [2.45, 2.75) is 17.7 Å². The van der Waals surface area contributed by atoms with Gasteiger partial charge in [0.05, 0.1) is 5.69 Å². The zero-order valence-electron chi connectivity index (χ0n) is 13.7. The van der Waals surface area contributed by atoms with Gasteiger partial charge >= 0.3 is 5.97 Å². The van der Waals surface area contributed by atoms with Crippen LogP contribution in [0.4, 0.5) is 4.39 Å². The first kappa shape index (κ1) is 18.4. The Labute approximate surface area is 159 Å². The number of nitrogens with zero attached hydrogens (tertiary/aromatic N) is 2. The van der Waals surface area contributed by atoms with Crippen LogP contribution in [0.3, 0.4) is 0 Å². The molecule has 0 amide bonds. The summed E-state index contributed by atoms with van der Waals surface area (Å²) in [7, 11) is 0. The molecule has 2 aromatic carbocycles. The standard InChI is InChI=1S/C19H14ClFN2O2S/c1-11-16(19(24)25)18(26-10-12-2-6-14(20)7-3-12)23-17(22-11)13-4-8-15(21)9-5-13/h2-9H,10H2,1H3,(H,24,25). The van der Waals surface area contributed by atoms with E-state index in [2.05, 4.69) is 9.97 Å². The van der Waals surface area contributed by atoms with Gasteiger partial charge in [-0.1, -0.05) is 23.7 Å². The summed E-state index contributed by atoms with van der Waals surface area (Å²) < 4.78 is 13.1. The number of carboxylic acids is 1. The van der Waals surface area contributed by atoms with E-state index in [1.165, 1.54) is 23.9 Å². The maximum Gasteiger partial charge on any atom is 0.340 e. The molecule has 7 heteroatoms. The summed E-state index contributed by atoms with van der Waals surface area (Å²) in [5, 5.41) is 10.5. The van der Waals surface area contributed by atoms with Crippen LogP contribution in [0.15, 0.2) is 53.6 Å². The molecular formula is C19H14ClFN2O2S. The number of hydrogen-bond donors (Lipinski definition) is 1. The molecule has 1 N–H and O–H groups in total. The molecule has 26 heavy (non-hydrogen) atoms. The van der Waals surface area contributed by atoms with Crippen molar-refractivity contribution in [2.24, 2.45) is 0 Å². The van der Waals surface area contributed by atoms with Gasteiger partial charge < -0.3 is 5.11 Å². The zero-order valence-corrected chi connectivity index (χ0v) is 15.3. The molecular weight excluding hydrogens is 375 g/mol. The van der Waals surface area contributed by atoms with E-state index in [1.807, 2.05) is 12.1 Å². The minimum atomic E-state index is -1.08. The van der Waals surface area contributed by atoms with Crippen molar-refractivity contribution in [3.8, 4) is 11.4 Å². The Kier molecular flexibility index (Phi) is 5.54. The number of carboxylic acid groups (broad SMARTS) is 1. The van der Waals surface area contributed by atoms with Crippen molar-refractivity contribution in [3.05, 3.63) is 76.2 Å². The van der Waals surface area contributed by atoms with Gasteiger partial charge in [0.25, 0.3) is 0 Å². The predicted molar refractivity (Wildman–Crippen MR) is 100 cm³/mol.